The molecule has 18 heavy (non-hydrogen) atoms. The third kappa shape index (κ3) is 3.86. The van der Waals surface area contributed by atoms with Crippen molar-refractivity contribution >= 4 is 11.6 Å². The molecule has 0 aliphatic rings. The second-order valence-electron chi connectivity index (χ2n) is 4.34. The van der Waals surface area contributed by atoms with Gasteiger partial charge < -0.3 is 5.32 Å². The van der Waals surface area contributed by atoms with Crippen molar-refractivity contribution < 1.29 is 4.79 Å². The van der Waals surface area contributed by atoms with E-state index in [0.717, 1.165) is 13.0 Å². The van der Waals surface area contributed by atoms with Gasteiger partial charge in [-0.3, -0.25) is 9.69 Å². The van der Waals surface area contributed by atoms with E-state index < -0.39 is 0 Å². The maximum absolute atomic E-state index is 12.0. The molecule has 0 aromatic heterocycles. The summed E-state index contributed by atoms with van der Waals surface area (Å²) in [6.07, 6.45) is 1.01. The van der Waals surface area contributed by atoms with Gasteiger partial charge in [0.2, 0.25) is 5.91 Å². The third-order valence-electron chi connectivity index (χ3n) is 2.88. The van der Waals surface area contributed by atoms with Crippen molar-refractivity contribution in [1.29, 1.82) is 5.26 Å². The molecule has 0 saturated carbocycles. The highest BCUT2D eigenvalue weighted by Crippen LogP contribution is 2.11. The molecule has 1 atom stereocenters. The van der Waals surface area contributed by atoms with Crippen molar-refractivity contribution in [2.45, 2.75) is 26.3 Å². The average molecular weight is 245 g/mol. The SMILES string of the molecule is CCCN(C)C(C)C(=O)Nc1cccc(C#N)c1. The van der Waals surface area contributed by atoms with Gasteiger partial charge in [-0.15, -0.1) is 0 Å². The molecule has 0 radical (unpaired) electrons. The average Bonchev–Trinajstić information content (AvgIpc) is 2.38. The Bertz CT molecular complexity index is 451. The summed E-state index contributed by atoms with van der Waals surface area (Å²) < 4.78 is 0. The number of carbonyl (C=O) groups is 1. The lowest BCUT2D eigenvalue weighted by Gasteiger charge is -2.23. The van der Waals surface area contributed by atoms with Crippen LogP contribution in [-0.2, 0) is 4.79 Å². The fourth-order valence-corrected chi connectivity index (χ4v) is 1.66. The summed E-state index contributed by atoms with van der Waals surface area (Å²) in [5.74, 6) is -0.0546. The van der Waals surface area contributed by atoms with Crippen LogP contribution in [0.25, 0.3) is 0 Å². The van der Waals surface area contributed by atoms with Crippen LogP contribution in [0.2, 0.25) is 0 Å². The predicted molar refractivity (Wildman–Crippen MR) is 72.2 cm³/mol. The maximum atomic E-state index is 12.0. The zero-order chi connectivity index (χ0) is 13.5. The van der Waals surface area contributed by atoms with Gasteiger partial charge >= 0.3 is 0 Å². The second kappa shape index (κ2) is 6.77. The molecule has 0 aliphatic heterocycles. The van der Waals surface area contributed by atoms with Gasteiger partial charge in [0, 0.05) is 5.69 Å². The van der Waals surface area contributed by atoms with E-state index in [1.807, 2.05) is 18.9 Å². The molecule has 0 fully saturated rings. The highest BCUT2D eigenvalue weighted by molar-refractivity contribution is 5.94. The number of nitrogens with zero attached hydrogens (tertiary/aromatic N) is 2. The summed E-state index contributed by atoms with van der Waals surface area (Å²) in [6.45, 7) is 4.84. The van der Waals surface area contributed by atoms with E-state index in [0.29, 0.717) is 11.3 Å². The van der Waals surface area contributed by atoms with Crippen LogP contribution < -0.4 is 5.32 Å². The number of hydrogen-bond acceptors (Lipinski definition) is 3. The Labute approximate surface area is 108 Å². The summed E-state index contributed by atoms with van der Waals surface area (Å²) in [4.78, 5) is 14.0. The molecule has 1 aromatic carbocycles. The first kappa shape index (κ1) is 14.2. The Morgan fingerprint density at radius 1 is 1.56 bits per heavy atom. The lowest BCUT2D eigenvalue weighted by Crippen LogP contribution is -2.39. The van der Waals surface area contributed by atoms with Crippen LogP contribution in [0, 0.1) is 11.3 Å². The van der Waals surface area contributed by atoms with Gasteiger partial charge in [-0.05, 0) is 45.1 Å². The summed E-state index contributed by atoms with van der Waals surface area (Å²) in [6, 6.07) is 8.79. The Hall–Kier alpha value is -1.86. The first-order chi connectivity index (χ1) is 8.58. The number of nitriles is 1. The van der Waals surface area contributed by atoms with Crippen LogP contribution in [0.5, 0.6) is 0 Å². The summed E-state index contributed by atoms with van der Waals surface area (Å²) in [5.41, 5.74) is 1.21. The van der Waals surface area contributed by atoms with E-state index in [1.54, 1.807) is 24.3 Å². The van der Waals surface area contributed by atoms with E-state index in [2.05, 4.69) is 18.3 Å². The molecule has 1 rings (SSSR count). The van der Waals surface area contributed by atoms with E-state index in [9.17, 15) is 4.79 Å². The Balaban J connectivity index is 2.66. The van der Waals surface area contributed by atoms with Gasteiger partial charge in [-0.2, -0.15) is 5.26 Å². The fraction of sp³-hybridized carbons (Fsp3) is 0.429. The van der Waals surface area contributed by atoms with Crippen LogP contribution >= 0.6 is 0 Å². The van der Waals surface area contributed by atoms with Gasteiger partial charge in [0.25, 0.3) is 0 Å². The lowest BCUT2D eigenvalue weighted by atomic mass is 10.2. The molecule has 0 aliphatic carbocycles. The van der Waals surface area contributed by atoms with Crippen LogP contribution in [-0.4, -0.2) is 30.4 Å². The molecule has 1 amide bonds. The first-order valence-electron chi connectivity index (χ1n) is 6.09. The molecule has 0 heterocycles. The van der Waals surface area contributed by atoms with Crippen molar-refractivity contribution in [3.05, 3.63) is 29.8 Å². The monoisotopic (exact) mass is 245 g/mol. The largest absolute Gasteiger partial charge is 0.325 e. The quantitative estimate of drug-likeness (QED) is 0.865. The molecule has 96 valence electrons. The highest BCUT2D eigenvalue weighted by Gasteiger charge is 2.17. The number of hydrogen-bond donors (Lipinski definition) is 1. The smallest absolute Gasteiger partial charge is 0.241 e. The van der Waals surface area contributed by atoms with E-state index in [1.165, 1.54) is 0 Å². The lowest BCUT2D eigenvalue weighted by molar-refractivity contribution is -0.120. The maximum Gasteiger partial charge on any atom is 0.241 e. The highest BCUT2D eigenvalue weighted by atomic mass is 16.2. The van der Waals surface area contributed by atoms with Gasteiger partial charge in [-0.25, -0.2) is 0 Å². The number of rotatable bonds is 5. The summed E-state index contributed by atoms with van der Waals surface area (Å²) in [7, 11) is 1.93. The third-order valence-corrected chi connectivity index (χ3v) is 2.88. The number of nitrogens with one attached hydrogen (secondary N) is 1. The van der Waals surface area contributed by atoms with Crippen LogP contribution in [0.1, 0.15) is 25.8 Å². The summed E-state index contributed by atoms with van der Waals surface area (Å²) in [5, 5.41) is 11.6. The number of anilines is 1. The van der Waals surface area contributed by atoms with E-state index in [4.69, 9.17) is 5.26 Å². The van der Waals surface area contributed by atoms with Crippen LogP contribution in [0.3, 0.4) is 0 Å². The van der Waals surface area contributed by atoms with Crippen molar-refractivity contribution in [2.24, 2.45) is 0 Å². The number of likely N-dealkylation sites (N-methyl/N-ethyl adjacent to an activating group) is 1. The van der Waals surface area contributed by atoms with Gasteiger partial charge in [0.05, 0.1) is 17.7 Å². The Kier molecular flexibility index (Phi) is 5.34. The van der Waals surface area contributed by atoms with Gasteiger partial charge in [0.15, 0.2) is 0 Å². The minimum Gasteiger partial charge on any atom is -0.325 e. The standard InChI is InChI=1S/C14H19N3O/c1-4-8-17(3)11(2)14(18)16-13-7-5-6-12(9-13)10-15/h5-7,9,11H,4,8H2,1-3H3,(H,16,18). The molecular weight excluding hydrogens is 226 g/mol. The van der Waals surface area contributed by atoms with E-state index in [-0.39, 0.29) is 11.9 Å². The van der Waals surface area contributed by atoms with Gasteiger partial charge in [-0.1, -0.05) is 13.0 Å². The zero-order valence-electron chi connectivity index (χ0n) is 11.1. The topological polar surface area (TPSA) is 56.1 Å². The Morgan fingerprint density at radius 3 is 2.89 bits per heavy atom. The molecule has 0 bridgehead atoms. The number of amides is 1. The predicted octanol–water partition coefficient (Wildman–Crippen LogP) is 2.23. The van der Waals surface area contributed by atoms with Crippen LogP contribution in [0.4, 0.5) is 5.69 Å². The summed E-state index contributed by atoms with van der Waals surface area (Å²) >= 11 is 0. The molecule has 4 heteroatoms. The molecule has 0 spiro atoms. The van der Waals surface area contributed by atoms with Crippen molar-refractivity contribution in [3.8, 4) is 6.07 Å². The molecule has 1 aromatic rings. The first-order valence-corrected chi connectivity index (χ1v) is 6.09. The molecular formula is C14H19N3O. The molecule has 1 unspecified atom stereocenters. The molecule has 4 nitrogen and oxygen atoms in total. The molecule has 1 N–H and O–H groups in total. The van der Waals surface area contributed by atoms with Crippen molar-refractivity contribution in [3.63, 3.8) is 0 Å². The minimum absolute atomic E-state index is 0.0546. The normalized spacial score (nSPS) is 11.9. The zero-order valence-corrected chi connectivity index (χ0v) is 11.1. The second-order valence-corrected chi connectivity index (χ2v) is 4.34. The molecule has 0 saturated heterocycles. The van der Waals surface area contributed by atoms with Crippen LogP contribution in [0.15, 0.2) is 24.3 Å². The number of benzene rings is 1. The van der Waals surface area contributed by atoms with Gasteiger partial charge in [0.1, 0.15) is 0 Å². The number of carbonyl (C=O) groups excluding carboxylic acids is 1. The minimum atomic E-state index is -0.185. The van der Waals surface area contributed by atoms with E-state index >= 15 is 0 Å². The Morgan fingerprint density at radius 2 is 2.28 bits per heavy atom. The van der Waals surface area contributed by atoms with Crippen molar-refractivity contribution in [2.75, 3.05) is 18.9 Å². The van der Waals surface area contributed by atoms with Crippen molar-refractivity contribution in [1.82, 2.24) is 4.90 Å². The fourth-order valence-electron chi connectivity index (χ4n) is 1.66.